The lowest BCUT2D eigenvalue weighted by atomic mass is 10.1. The van der Waals surface area contributed by atoms with Crippen molar-refractivity contribution in [2.45, 2.75) is 26.1 Å². The summed E-state index contributed by atoms with van der Waals surface area (Å²) in [6.45, 7) is 3.10. The zero-order valence-corrected chi connectivity index (χ0v) is 9.43. The number of carboxylic acid groups (broad SMARTS) is 1. The van der Waals surface area contributed by atoms with Gasteiger partial charge in [-0.05, 0) is 30.2 Å². The van der Waals surface area contributed by atoms with E-state index in [9.17, 15) is 4.79 Å². The van der Waals surface area contributed by atoms with Crippen LogP contribution in [0.4, 0.5) is 0 Å². The van der Waals surface area contributed by atoms with Gasteiger partial charge in [0.15, 0.2) is 0 Å². The Morgan fingerprint density at radius 2 is 2.12 bits per heavy atom. The van der Waals surface area contributed by atoms with Crippen LogP contribution in [0.1, 0.15) is 18.1 Å². The molecule has 86 valence electrons. The van der Waals surface area contributed by atoms with E-state index < -0.39 is 12.0 Å². The second kappa shape index (κ2) is 4.14. The summed E-state index contributed by atoms with van der Waals surface area (Å²) >= 11 is 0. The topological polar surface area (TPSA) is 49.8 Å². The van der Waals surface area contributed by atoms with Crippen LogP contribution in [0.2, 0.25) is 0 Å². The molecule has 1 N–H and O–H groups in total. The average Bonchev–Trinajstić information content (AvgIpc) is 2.69. The highest BCUT2D eigenvalue weighted by molar-refractivity contribution is 5.73. The lowest BCUT2D eigenvalue weighted by Crippen LogP contribution is -2.34. The Morgan fingerprint density at radius 3 is 2.75 bits per heavy atom. The maximum Gasteiger partial charge on any atom is 0.320 e. The zero-order chi connectivity index (χ0) is 11.7. The molecule has 0 aliphatic carbocycles. The average molecular weight is 221 g/mol. The van der Waals surface area contributed by atoms with Crippen LogP contribution in [-0.2, 0) is 17.9 Å². The van der Waals surface area contributed by atoms with Gasteiger partial charge in [-0.1, -0.05) is 6.07 Å². The second-order valence-corrected chi connectivity index (χ2v) is 4.05. The molecule has 1 aromatic rings. The van der Waals surface area contributed by atoms with Crippen molar-refractivity contribution in [3.8, 4) is 5.75 Å². The summed E-state index contributed by atoms with van der Waals surface area (Å²) in [6, 6.07) is 5.44. The summed E-state index contributed by atoms with van der Waals surface area (Å²) in [5.41, 5.74) is 2.35. The van der Waals surface area contributed by atoms with Crippen molar-refractivity contribution in [2.75, 3.05) is 7.11 Å². The number of hydrogen-bond acceptors (Lipinski definition) is 3. The summed E-state index contributed by atoms with van der Waals surface area (Å²) in [5, 5.41) is 8.96. The number of ether oxygens (including phenoxy) is 1. The first kappa shape index (κ1) is 11.0. The van der Waals surface area contributed by atoms with Gasteiger partial charge in [-0.15, -0.1) is 0 Å². The number of aliphatic carboxylic acids is 1. The van der Waals surface area contributed by atoms with Crippen LogP contribution in [0.5, 0.6) is 5.75 Å². The Labute approximate surface area is 94.4 Å². The first-order valence-corrected chi connectivity index (χ1v) is 5.24. The van der Waals surface area contributed by atoms with Crippen LogP contribution in [0.3, 0.4) is 0 Å². The molecule has 0 radical (unpaired) electrons. The highest BCUT2D eigenvalue weighted by atomic mass is 16.5. The minimum Gasteiger partial charge on any atom is -0.497 e. The van der Waals surface area contributed by atoms with E-state index in [-0.39, 0.29) is 0 Å². The Balaban J connectivity index is 2.17. The van der Waals surface area contributed by atoms with Crippen molar-refractivity contribution in [2.24, 2.45) is 0 Å². The number of carbonyl (C=O) groups is 1. The van der Waals surface area contributed by atoms with Crippen LogP contribution in [0.25, 0.3) is 0 Å². The van der Waals surface area contributed by atoms with E-state index >= 15 is 0 Å². The van der Waals surface area contributed by atoms with Crippen LogP contribution in [-0.4, -0.2) is 29.1 Å². The molecule has 0 spiro atoms. The number of carboxylic acids is 1. The lowest BCUT2D eigenvalue weighted by Gasteiger charge is -2.19. The Hall–Kier alpha value is -1.55. The van der Waals surface area contributed by atoms with Gasteiger partial charge in [-0.25, -0.2) is 0 Å². The van der Waals surface area contributed by atoms with E-state index in [4.69, 9.17) is 9.84 Å². The van der Waals surface area contributed by atoms with Gasteiger partial charge < -0.3 is 9.84 Å². The van der Waals surface area contributed by atoms with Crippen LogP contribution >= 0.6 is 0 Å². The van der Waals surface area contributed by atoms with Gasteiger partial charge in [0.1, 0.15) is 11.8 Å². The molecule has 4 heteroatoms. The van der Waals surface area contributed by atoms with Gasteiger partial charge in [-0.2, -0.15) is 0 Å². The largest absolute Gasteiger partial charge is 0.497 e. The highest BCUT2D eigenvalue weighted by Crippen LogP contribution is 2.27. The van der Waals surface area contributed by atoms with Crippen molar-refractivity contribution < 1.29 is 14.6 Å². The van der Waals surface area contributed by atoms with E-state index in [1.54, 1.807) is 14.0 Å². The fourth-order valence-corrected chi connectivity index (χ4v) is 1.95. The quantitative estimate of drug-likeness (QED) is 0.840. The highest BCUT2D eigenvalue weighted by Gasteiger charge is 2.27. The molecule has 0 saturated carbocycles. The van der Waals surface area contributed by atoms with Gasteiger partial charge in [0.2, 0.25) is 0 Å². The molecule has 1 aromatic carbocycles. The molecule has 1 aliphatic heterocycles. The summed E-state index contributed by atoms with van der Waals surface area (Å²) < 4.78 is 5.15. The molecular weight excluding hydrogens is 206 g/mol. The molecule has 1 heterocycles. The fourth-order valence-electron chi connectivity index (χ4n) is 1.95. The zero-order valence-electron chi connectivity index (χ0n) is 9.43. The number of hydrogen-bond donors (Lipinski definition) is 1. The minimum absolute atomic E-state index is 0.446. The Morgan fingerprint density at radius 1 is 1.44 bits per heavy atom. The number of benzene rings is 1. The standard InChI is InChI=1S/C12H15NO3/c1-8(12(14)15)13-6-9-3-4-11(16-2)5-10(9)7-13/h3-5,8H,6-7H2,1-2H3,(H,14,15). The molecule has 1 atom stereocenters. The normalized spacial score (nSPS) is 16.9. The van der Waals surface area contributed by atoms with Gasteiger partial charge in [-0.3, -0.25) is 9.69 Å². The molecule has 4 nitrogen and oxygen atoms in total. The SMILES string of the molecule is COc1ccc2c(c1)CN(C(C)C(=O)O)C2. The third-order valence-corrected chi connectivity index (χ3v) is 3.07. The number of rotatable bonds is 3. The van der Waals surface area contributed by atoms with Crippen molar-refractivity contribution in [3.05, 3.63) is 29.3 Å². The van der Waals surface area contributed by atoms with Gasteiger partial charge in [0.25, 0.3) is 0 Å². The summed E-state index contributed by atoms with van der Waals surface area (Å²) in [7, 11) is 1.63. The van der Waals surface area contributed by atoms with E-state index in [1.165, 1.54) is 5.56 Å². The number of fused-ring (bicyclic) bond motifs is 1. The first-order chi connectivity index (χ1) is 7.61. The van der Waals surface area contributed by atoms with Gasteiger partial charge >= 0.3 is 5.97 Å². The maximum atomic E-state index is 10.9. The number of methoxy groups -OCH3 is 1. The first-order valence-electron chi connectivity index (χ1n) is 5.24. The van der Waals surface area contributed by atoms with Crippen molar-refractivity contribution in [1.82, 2.24) is 4.90 Å². The third kappa shape index (κ3) is 1.88. The van der Waals surface area contributed by atoms with E-state index in [2.05, 4.69) is 0 Å². The molecule has 16 heavy (non-hydrogen) atoms. The van der Waals surface area contributed by atoms with E-state index in [1.807, 2.05) is 23.1 Å². The fraction of sp³-hybridized carbons (Fsp3) is 0.417. The molecule has 0 amide bonds. The monoisotopic (exact) mass is 221 g/mol. The van der Waals surface area contributed by atoms with Gasteiger partial charge in [0, 0.05) is 13.1 Å². The van der Waals surface area contributed by atoms with Crippen LogP contribution < -0.4 is 4.74 Å². The van der Waals surface area contributed by atoms with Crippen LogP contribution in [0, 0.1) is 0 Å². The number of nitrogens with zero attached hydrogens (tertiary/aromatic N) is 1. The smallest absolute Gasteiger partial charge is 0.320 e. The van der Waals surface area contributed by atoms with Crippen molar-refractivity contribution in [1.29, 1.82) is 0 Å². The predicted molar refractivity (Wildman–Crippen MR) is 59.3 cm³/mol. The molecule has 2 rings (SSSR count). The molecule has 1 aliphatic rings. The molecule has 0 bridgehead atoms. The molecule has 0 fully saturated rings. The predicted octanol–water partition coefficient (Wildman–Crippen LogP) is 1.48. The van der Waals surface area contributed by atoms with Gasteiger partial charge in [0.05, 0.1) is 7.11 Å². The second-order valence-electron chi connectivity index (χ2n) is 4.05. The van der Waals surface area contributed by atoms with Crippen LogP contribution in [0.15, 0.2) is 18.2 Å². The summed E-state index contributed by atoms with van der Waals surface area (Å²) in [5.74, 6) is 0.0448. The molecular formula is C12H15NO3. The maximum absolute atomic E-state index is 10.9. The van der Waals surface area contributed by atoms with Crippen molar-refractivity contribution >= 4 is 5.97 Å². The third-order valence-electron chi connectivity index (χ3n) is 3.07. The molecule has 0 aromatic heterocycles. The molecule has 0 saturated heterocycles. The van der Waals surface area contributed by atoms with Crippen molar-refractivity contribution in [3.63, 3.8) is 0 Å². The van der Waals surface area contributed by atoms with E-state index in [0.29, 0.717) is 13.1 Å². The molecule has 1 unspecified atom stereocenters. The minimum atomic E-state index is -0.778. The lowest BCUT2D eigenvalue weighted by molar-refractivity contribution is -0.142. The summed E-state index contributed by atoms with van der Waals surface area (Å²) in [6.07, 6.45) is 0. The Bertz CT molecular complexity index is 417. The summed E-state index contributed by atoms with van der Waals surface area (Å²) in [4.78, 5) is 12.8. The Kier molecular flexibility index (Phi) is 2.83. The van der Waals surface area contributed by atoms with E-state index in [0.717, 1.165) is 11.3 Å².